The number of pyridine rings is 1. The van der Waals surface area contributed by atoms with Gasteiger partial charge in [-0.15, -0.1) is 0 Å². The number of rotatable bonds is 2. The van der Waals surface area contributed by atoms with Crippen LogP contribution in [0.25, 0.3) is 11.1 Å². The minimum atomic E-state index is -0.366. The average molecular weight is 334 g/mol. The number of aromatic nitrogens is 2. The van der Waals surface area contributed by atoms with E-state index in [9.17, 15) is 4.79 Å². The highest BCUT2D eigenvalue weighted by atomic mass is 79.9. The van der Waals surface area contributed by atoms with E-state index in [1.54, 1.807) is 19.3 Å². The maximum atomic E-state index is 11.5. The lowest BCUT2D eigenvalue weighted by Crippen LogP contribution is -2.08. The Morgan fingerprint density at radius 1 is 1.35 bits per heavy atom. The number of fused-ring (bicyclic) bond motifs is 1. The summed E-state index contributed by atoms with van der Waals surface area (Å²) >= 11 is 3.38. The van der Waals surface area contributed by atoms with Gasteiger partial charge in [0.2, 0.25) is 0 Å². The number of hydrogen-bond acceptors (Lipinski definition) is 4. The van der Waals surface area contributed by atoms with Gasteiger partial charge < -0.3 is 9.73 Å². The summed E-state index contributed by atoms with van der Waals surface area (Å²) < 4.78 is 7.58. The van der Waals surface area contributed by atoms with Crippen LogP contribution in [-0.4, -0.2) is 9.55 Å². The van der Waals surface area contributed by atoms with E-state index in [4.69, 9.17) is 4.42 Å². The second-order valence-electron chi connectivity index (χ2n) is 4.55. The minimum Gasteiger partial charge on any atom is -0.408 e. The molecule has 1 N–H and O–H groups in total. The second kappa shape index (κ2) is 4.79. The summed E-state index contributed by atoms with van der Waals surface area (Å²) in [5.41, 5.74) is 3.16. The Balaban J connectivity index is 2.00. The molecule has 0 saturated carbocycles. The van der Waals surface area contributed by atoms with Gasteiger partial charge in [0.1, 0.15) is 5.82 Å². The summed E-state index contributed by atoms with van der Waals surface area (Å²) in [5, 5.41) is 3.22. The molecular weight excluding hydrogens is 322 g/mol. The van der Waals surface area contributed by atoms with Crippen LogP contribution < -0.4 is 11.1 Å². The standard InChI is InChI=1S/C14H12BrN3O2/c1-8-5-9(15)7-16-13(8)17-10-3-4-11-12(6-10)20-14(19)18(11)2/h3-7H,1-2H3,(H,16,17). The van der Waals surface area contributed by atoms with Gasteiger partial charge in [-0.25, -0.2) is 9.78 Å². The van der Waals surface area contributed by atoms with Crippen molar-refractivity contribution in [2.45, 2.75) is 6.92 Å². The molecular formula is C14H12BrN3O2. The summed E-state index contributed by atoms with van der Waals surface area (Å²) in [6.45, 7) is 1.97. The van der Waals surface area contributed by atoms with Gasteiger partial charge >= 0.3 is 5.76 Å². The van der Waals surface area contributed by atoms with Gasteiger partial charge in [0, 0.05) is 29.5 Å². The molecule has 6 heteroatoms. The zero-order chi connectivity index (χ0) is 14.3. The number of benzene rings is 1. The molecule has 0 saturated heterocycles. The number of halogens is 1. The van der Waals surface area contributed by atoms with Crippen LogP contribution >= 0.6 is 15.9 Å². The van der Waals surface area contributed by atoms with Crippen LogP contribution in [0.5, 0.6) is 0 Å². The lowest BCUT2D eigenvalue weighted by atomic mass is 10.2. The quantitative estimate of drug-likeness (QED) is 0.781. The molecule has 2 aromatic heterocycles. The van der Waals surface area contributed by atoms with E-state index in [-0.39, 0.29) is 5.76 Å². The predicted molar refractivity (Wildman–Crippen MR) is 81.4 cm³/mol. The van der Waals surface area contributed by atoms with E-state index in [0.717, 1.165) is 27.1 Å². The van der Waals surface area contributed by atoms with Crippen LogP contribution in [-0.2, 0) is 7.05 Å². The maximum Gasteiger partial charge on any atom is 0.419 e. The lowest BCUT2D eigenvalue weighted by Gasteiger charge is -2.08. The van der Waals surface area contributed by atoms with E-state index in [2.05, 4.69) is 26.2 Å². The zero-order valence-corrected chi connectivity index (χ0v) is 12.6. The van der Waals surface area contributed by atoms with Crippen LogP contribution in [0.2, 0.25) is 0 Å². The Morgan fingerprint density at radius 2 is 2.15 bits per heavy atom. The average Bonchev–Trinajstić information content (AvgIpc) is 2.68. The molecule has 3 aromatic rings. The highest BCUT2D eigenvalue weighted by molar-refractivity contribution is 9.10. The number of aryl methyl sites for hydroxylation is 2. The van der Waals surface area contributed by atoms with Gasteiger partial charge in [-0.1, -0.05) is 0 Å². The Bertz CT molecular complexity index is 851. The molecule has 2 heterocycles. The molecule has 0 atom stereocenters. The fourth-order valence-corrected chi connectivity index (χ4v) is 2.47. The number of oxazole rings is 1. The lowest BCUT2D eigenvalue weighted by molar-refractivity contribution is 0.528. The van der Waals surface area contributed by atoms with Crippen LogP contribution in [0, 0.1) is 6.92 Å². The molecule has 0 aliphatic carbocycles. The molecule has 102 valence electrons. The molecule has 0 aliphatic rings. The van der Waals surface area contributed by atoms with Crippen molar-refractivity contribution in [3.63, 3.8) is 0 Å². The normalized spacial score (nSPS) is 10.9. The van der Waals surface area contributed by atoms with Crippen molar-refractivity contribution in [3.05, 3.63) is 51.0 Å². The Hall–Kier alpha value is -2.08. The van der Waals surface area contributed by atoms with Crippen molar-refractivity contribution in [2.24, 2.45) is 7.05 Å². The number of anilines is 2. The maximum absolute atomic E-state index is 11.5. The third-order valence-corrected chi connectivity index (χ3v) is 3.53. The highest BCUT2D eigenvalue weighted by Gasteiger charge is 2.07. The monoisotopic (exact) mass is 333 g/mol. The first kappa shape index (κ1) is 12.9. The topological polar surface area (TPSA) is 60.1 Å². The summed E-state index contributed by atoms with van der Waals surface area (Å²) in [6, 6.07) is 7.51. The van der Waals surface area contributed by atoms with Crippen molar-refractivity contribution in [3.8, 4) is 0 Å². The molecule has 0 radical (unpaired) electrons. The van der Waals surface area contributed by atoms with E-state index in [1.807, 2.05) is 25.1 Å². The molecule has 0 fully saturated rings. The highest BCUT2D eigenvalue weighted by Crippen LogP contribution is 2.23. The van der Waals surface area contributed by atoms with E-state index in [0.29, 0.717) is 5.58 Å². The molecule has 5 nitrogen and oxygen atoms in total. The van der Waals surface area contributed by atoms with Crippen molar-refractivity contribution in [1.82, 2.24) is 9.55 Å². The Labute approximate surface area is 123 Å². The van der Waals surface area contributed by atoms with Gasteiger partial charge in [0.05, 0.1) is 5.52 Å². The molecule has 0 unspecified atom stereocenters. The summed E-state index contributed by atoms with van der Waals surface area (Å²) in [4.78, 5) is 15.8. The smallest absolute Gasteiger partial charge is 0.408 e. The third-order valence-electron chi connectivity index (χ3n) is 3.10. The number of nitrogens with one attached hydrogen (secondary N) is 1. The summed E-state index contributed by atoms with van der Waals surface area (Å²) in [7, 11) is 1.68. The summed E-state index contributed by atoms with van der Waals surface area (Å²) in [6.07, 6.45) is 1.73. The van der Waals surface area contributed by atoms with Gasteiger partial charge in [-0.3, -0.25) is 4.57 Å². The van der Waals surface area contributed by atoms with Crippen LogP contribution in [0.4, 0.5) is 11.5 Å². The first-order valence-corrected chi connectivity index (χ1v) is 6.82. The van der Waals surface area contributed by atoms with E-state index < -0.39 is 0 Å². The fourth-order valence-electron chi connectivity index (χ4n) is 2.02. The van der Waals surface area contributed by atoms with Gasteiger partial charge in [-0.2, -0.15) is 0 Å². The molecule has 0 bridgehead atoms. The second-order valence-corrected chi connectivity index (χ2v) is 5.47. The molecule has 0 spiro atoms. The first-order chi connectivity index (χ1) is 9.54. The van der Waals surface area contributed by atoms with Crippen LogP contribution in [0.3, 0.4) is 0 Å². The SMILES string of the molecule is Cc1cc(Br)cnc1Nc1ccc2c(c1)oc(=O)n2C. The number of nitrogens with zero attached hydrogens (tertiary/aromatic N) is 2. The molecule has 0 aliphatic heterocycles. The fraction of sp³-hybridized carbons (Fsp3) is 0.143. The van der Waals surface area contributed by atoms with E-state index >= 15 is 0 Å². The number of hydrogen-bond donors (Lipinski definition) is 1. The van der Waals surface area contributed by atoms with Gasteiger partial charge in [0.25, 0.3) is 0 Å². The van der Waals surface area contributed by atoms with E-state index in [1.165, 1.54) is 4.57 Å². The minimum absolute atomic E-state index is 0.366. The third kappa shape index (κ3) is 2.22. The summed E-state index contributed by atoms with van der Waals surface area (Å²) in [5.74, 6) is 0.404. The van der Waals surface area contributed by atoms with Crippen LogP contribution in [0.1, 0.15) is 5.56 Å². The van der Waals surface area contributed by atoms with Crippen molar-refractivity contribution < 1.29 is 4.42 Å². The first-order valence-electron chi connectivity index (χ1n) is 6.03. The zero-order valence-electron chi connectivity index (χ0n) is 11.0. The largest absolute Gasteiger partial charge is 0.419 e. The molecule has 1 aromatic carbocycles. The van der Waals surface area contributed by atoms with Crippen molar-refractivity contribution in [2.75, 3.05) is 5.32 Å². The van der Waals surface area contributed by atoms with Crippen molar-refractivity contribution in [1.29, 1.82) is 0 Å². The molecule has 20 heavy (non-hydrogen) atoms. The Morgan fingerprint density at radius 3 is 2.90 bits per heavy atom. The Kier molecular flexibility index (Phi) is 3.10. The predicted octanol–water partition coefficient (Wildman–Crippen LogP) is 3.34. The van der Waals surface area contributed by atoms with Crippen molar-refractivity contribution >= 4 is 38.5 Å². The van der Waals surface area contributed by atoms with Crippen LogP contribution in [0.15, 0.2) is 44.1 Å². The molecule has 3 rings (SSSR count). The van der Waals surface area contributed by atoms with Gasteiger partial charge in [-0.05, 0) is 46.6 Å². The molecule has 0 amide bonds. The van der Waals surface area contributed by atoms with Gasteiger partial charge in [0.15, 0.2) is 5.58 Å².